The smallest absolute Gasteiger partial charge is 0.148 e. The molecule has 0 aliphatic carbocycles. The summed E-state index contributed by atoms with van der Waals surface area (Å²) >= 11 is 0. The zero-order valence-corrected chi connectivity index (χ0v) is 41.6. The Hall–Kier alpha value is -6.35. The maximum atomic E-state index is 12.0. The van der Waals surface area contributed by atoms with Gasteiger partial charge in [0.1, 0.15) is 11.6 Å². The Kier molecular flexibility index (Phi) is 9.64. The van der Waals surface area contributed by atoms with Gasteiger partial charge in [0, 0.05) is 46.7 Å². The van der Waals surface area contributed by atoms with Crippen LogP contribution in [0.5, 0.6) is 5.75 Å². The summed E-state index contributed by atoms with van der Waals surface area (Å²) in [6.07, 6.45) is 1.52. The second-order valence-electron chi connectivity index (χ2n) is 20.2. The predicted molar refractivity (Wildman–Crippen MR) is 278 cm³/mol. The molecule has 0 aliphatic rings. The monoisotopic (exact) mass is 1070 g/mol. The van der Waals surface area contributed by atoms with Crippen LogP contribution in [0.4, 0.5) is 0 Å². The number of benzene rings is 7. The molecule has 67 heavy (non-hydrogen) atoms. The third kappa shape index (κ3) is 9.47. The van der Waals surface area contributed by atoms with E-state index >= 15 is 0 Å². The second kappa shape index (κ2) is 18.0. The minimum Gasteiger partial charge on any atom is -0.507 e. The quantitative estimate of drug-likeness (QED) is 0.162. The number of hydrogen-bond donors (Lipinski definition) is 1. The van der Waals surface area contributed by atoms with Gasteiger partial charge in [0.05, 0.1) is 27.8 Å². The van der Waals surface area contributed by atoms with Crippen LogP contribution in [0.15, 0.2) is 158 Å². The number of nitrogens with zero attached hydrogens (tertiary/aromatic N) is 3. The van der Waals surface area contributed by atoms with E-state index in [1.54, 1.807) is 24.3 Å². The number of para-hydroxylation sites is 1. The average molecular weight is 1070 g/mol. The number of aryl methyl sites for hydroxylation is 1. The predicted octanol–water partition coefficient (Wildman–Crippen LogP) is 16.4. The van der Waals surface area contributed by atoms with Gasteiger partial charge in [-0.3, -0.25) is 9.55 Å². The molecule has 9 aromatic rings. The van der Waals surface area contributed by atoms with Crippen LogP contribution in [0.2, 0.25) is 0 Å². The molecular weight excluding hydrogens is 998 g/mol. The van der Waals surface area contributed by atoms with Crippen LogP contribution < -0.4 is 0 Å². The van der Waals surface area contributed by atoms with Gasteiger partial charge in [0.25, 0.3) is 0 Å². The van der Waals surface area contributed by atoms with Crippen molar-refractivity contribution in [1.82, 2.24) is 14.5 Å². The average Bonchev–Trinajstić information content (AvgIpc) is 3.82. The van der Waals surface area contributed by atoms with Gasteiger partial charge >= 0.3 is 0 Å². The molecule has 340 valence electrons. The number of aromatic nitrogens is 3. The van der Waals surface area contributed by atoms with Gasteiger partial charge in [-0.05, 0) is 111 Å². The summed E-state index contributed by atoms with van der Waals surface area (Å²) in [6.45, 7) is 13.6. The van der Waals surface area contributed by atoms with Gasteiger partial charge in [0.15, 0.2) is 0 Å². The van der Waals surface area contributed by atoms with Gasteiger partial charge < -0.3 is 5.11 Å². The van der Waals surface area contributed by atoms with Gasteiger partial charge in [-0.15, -0.1) is 29.3 Å². The van der Waals surface area contributed by atoms with E-state index in [0.29, 0.717) is 61.6 Å². The van der Waals surface area contributed by atoms with Crippen molar-refractivity contribution in [2.45, 2.75) is 92.3 Å². The van der Waals surface area contributed by atoms with Crippen LogP contribution in [0.1, 0.15) is 104 Å². The third-order valence-electron chi connectivity index (χ3n) is 12.3. The normalized spacial score (nSPS) is 14.6. The zero-order chi connectivity index (χ0) is 55.2. The summed E-state index contributed by atoms with van der Waals surface area (Å²) in [7, 11) is 0. The molecule has 0 spiro atoms. The van der Waals surface area contributed by atoms with Crippen LogP contribution in [-0.2, 0) is 37.3 Å². The van der Waals surface area contributed by atoms with Crippen molar-refractivity contribution >= 4 is 11.0 Å². The molecule has 2 heterocycles. The van der Waals surface area contributed by atoms with Crippen molar-refractivity contribution in [3.05, 3.63) is 192 Å². The minimum atomic E-state index is -2.86. The number of pyridine rings is 1. The molecule has 0 aliphatic heterocycles. The molecule has 0 fully saturated rings. The number of phenolic OH excluding ortho intramolecular Hbond substituents is 1. The van der Waals surface area contributed by atoms with E-state index < -0.39 is 48.9 Å². The number of imidazole rings is 1. The molecular formula is C62H60N3OPt-. The summed E-state index contributed by atoms with van der Waals surface area (Å²) in [6, 6.07) is 41.7. The first kappa shape index (κ1) is 35.8. The maximum Gasteiger partial charge on any atom is 0.148 e. The number of hydrogen-bond acceptors (Lipinski definition) is 3. The van der Waals surface area contributed by atoms with E-state index in [4.69, 9.17) is 23.7 Å². The maximum absolute atomic E-state index is 12.0. The van der Waals surface area contributed by atoms with E-state index in [1.807, 2.05) is 89.5 Å². The fourth-order valence-corrected chi connectivity index (χ4v) is 8.41. The van der Waals surface area contributed by atoms with Gasteiger partial charge in [0.2, 0.25) is 0 Å². The molecule has 1 N–H and O–H groups in total. The second-order valence-corrected chi connectivity index (χ2v) is 20.2. The topological polar surface area (TPSA) is 50.9 Å². The van der Waals surface area contributed by atoms with Gasteiger partial charge in [-0.25, -0.2) is 4.98 Å². The first-order valence-electron chi connectivity index (χ1n) is 27.3. The van der Waals surface area contributed by atoms with Crippen molar-refractivity contribution in [1.29, 1.82) is 0 Å². The largest absolute Gasteiger partial charge is 0.507 e. The summed E-state index contributed by atoms with van der Waals surface area (Å²) in [5, 5.41) is 12.0. The van der Waals surface area contributed by atoms with Gasteiger partial charge in [-0.2, -0.15) is 0 Å². The molecule has 0 saturated heterocycles. The summed E-state index contributed by atoms with van der Waals surface area (Å²) in [5.41, 5.74) is 9.29. The summed E-state index contributed by atoms with van der Waals surface area (Å²) in [5.74, 6) is 0.372. The van der Waals surface area contributed by atoms with Crippen LogP contribution in [0.3, 0.4) is 0 Å². The van der Waals surface area contributed by atoms with Crippen LogP contribution in [-0.4, -0.2) is 19.6 Å². The zero-order valence-electron chi connectivity index (χ0n) is 49.3. The number of fused-ring (bicyclic) bond motifs is 1. The number of phenols is 1. The fourth-order valence-electron chi connectivity index (χ4n) is 8.41. The molecule has 0 atom stereocenters. The van der Waals surface area contributed by atoms with Crippen LogP contribution in [0, 0.1) is 19.8 Å². The SMILES string of the molecule is [2H]c1c([2H])c(C([2H])([2H])[2H])c([2H])c([2H])c1-c1ccnc(-c2[c-]c(-c3cccc4c3nc(-c3cc(C(C)(C)C)ccc3O)n4-c3cc(C([2H])([2H])[2H])c(-c4ccc(C(C)(C)C)cc4)cc3-c3ccccc3)cc(C(C)(C)C)c2)c1.[Pt]. The molecule has 0 bridgehead atoms. The van der Waals surface area contributed by atoms with Crippen LogP contribution in [0.25, 0.3) is 83.9 Å². The third-order valence-corrected chi connectivity index (χ3v) is 12.3. The van der Waals surface area contributed by atoms with Crippen molar-refractivity contribution < 1.29 is 39.9 Å². The van der Waals surface area contributed by atoms with Gasteiger partial charge in [-0.1, -0.05) is 182 Å². The first-order valence-corrected chi connectivity index (χ1v) is 22.3. The van der Waals surface area contributed by atoms with Crippen molar-refractivity contribution in [3.63, 3.8) is 0 Å². The van der Waals surface area contributed by atoms with Crippen molar-refractivity contribution in [3.8, 4) is 78.6 Å². The van der Waals surface area contributed by atoms with Crippen molar-refractivity contribution in [2.24, 2.45) is 0 Å². The molecule has 0 saturated carbocycles. The van der Waals surface area contributed by atoms with E-state index in [1.165, 1.54) is 6.20 Å². The Morgan fingerprint density at radius 1 is 0.552 bits per heavy atom. The first-order chi connectivity index (χ1) is 35.4. The van der Waals surface area contributed by atoms with E-state index in [9.17, 15) is 5.11 Å². The number of rotatable bonds is 7. The Morgan fingerprint density at radius 3 is 1.90 bits per heavy atom. The Labute approximate surface area is 426 Å². The molecule has 2 aromatic heterocycles. The summed E-state index contributed by atoms with van der Waals surface area (Å²) in [4.78, 5) is 10.2. The molecule has 4 nitrogen and oxygen atoms in total. The van der Waals surface area contributed by atoms with E-state index in [0.717, 1.165) is 33.4 Å². The Balaban J connectivity index is 0.00000784. The molecule has 7 aromatic carbocycles. The molecule has 5 heteroatoms. The molecule has 0 unspecified atom stereocenters. The minimum absolute atomic E-state index is 0. The summed E-state index contributed by atoms with van der Waals surface area (Å²) < 4.78 is 87.8. The fraction of sp³-hybridized carbons (Fsp3) is 0.226. The Bertz CT molecular complexity index is 3700. The molecule has 0 radical (unpaired) electrons. The number of aromatic hydroxyl groups is 1. The molecule has 9 rings (SSSR count). The van der Waals surface area contributed by atoms with Crippen molar-refractivity contribution in [2.75, 3.05) is 0 Å². The Morgan fingerprint density at radius 2 is 1.22 bits per heavy atom. The van der Waals surface area contributed by atoms with E-state index in [2.05, 4.69) is 86.6 Å². The van der Waals surface area contributed by atoms with E-state index in [-0.39, 0.29) is 48.8 Å². The van der Waals surface area contributed by atoms with Crippen LogP contribution >= 0.6 is 0 Å². The standard InChI is InChI=1S/C62H60N3O.Pt/c1-39-20-22-41(23-21-39)44-30-31-63-54(36-44)46-33-45(34-49(35-46)62(9,10)11)50-18-15-19-55-58(50)64-59(53-37-48(61(6,7)8)28-29-57(53)66)65(55)56-32-40(2)51(38-52(56)42-16-13-12-14-17-42)43-24-26-47(27-25-43)60(3,4)5;/h12-32,34-38,66H,1-11H3;/q-1;/i1D3,2D3,20D,21D,22D,23D;. The molecule has 0 amide bonds.